The summed E-state index contributed by atoms with van der Waals surface area (Å²) in [5.41, 5.74) is -0.0394. The van der Waals surface area contributed by atoms with E-state index in [4.69, 9.17) is 17.4 Å². The van der Waals surface area contributed by atoms with Crippen LogP contribution in [0.5, 0.6) is 0 Å². The monoisotopic (exact) mass is 177 g/mol. The average molecular weight is 177 g/mol. The molecule has 0 bridgehead atoms. The fourth-order valence-corrected chi connectivity index (χ4v) is 0.914. The second-order valence-corrected chi connectivity index (χ2v) is 2.98. The number of hydrogen-bond donors (Lipinski definition) is 1. The Morgan fingerprint density at radius 2 is 2.20 bits per heavy atom. The van der Waals surface area contributed by atoms with Gasteiger partial charge in [-0.25, -0.2) is 0 Å². The van der Waals surface area contributed by atoms with Gasteiger partial charge in [0.15, 0.2) is 11.5 Å². The lowest BCUT2D eigenvalue weighted by Crippen LogP contribution is -2.16. The number of thiocarbonyl (C=S) groups is 1. The van der Waals surface area contributed by atoms with Crippen molar-refractivity contribution in [3.05, 3.63) is 0 Å². The molecule has 5 heteroatoms. The highest BCUT2D eigenvalue weighted by molar-refractivity contribution is 8.25. The third kappa shape index (κ3) is 2.45. The Balaban J connectivity index is 4.39. The van der Waals surface area contributed by atoms with Crippen LogP contribution in [0.25, 0.3) is 0 Å². The van der Waals surface area contributed by atoms with Crippen molar-refractivity contribution < 1.29 is 10.0 Å². The van der Waals surface area contributed by atoms with E-state index in [1.54, 1.807) is 6.26 Å². The van der Waals surface area contributed by atoms with Gasteiger partial charge in [0.2, 0.25) is 0 Å². The molecule has 0 atom stereocenters. The number of hydrogen-bond acceptors (Lipinski definition) is 5. The minimum absolute atomic E-state index is 0.0394. The number of rotatable bonds is 2. The number of oxime groups is 1. The molecule has 56 valence electrons. The van der Waals surface area contributed by atoms with Gasteiger partial charge in [0.05, 0.1) is 0 Å². The fraction of sp³-hybridized carbons (Fsp3) is 0.400. The summed E-state index contributed by atoms with van der Waals surface area (Å²) >= 11 is 5.91. The summed E-state index contributed by atoms with van der Waals surface area (Å²) < 4.78 is 0.315. The largest absolute Gasteiger partial charge is 0.410 e. The zero-order valence-electron chi connectivity index (χ0n) is 5.62. The number of Topliss-reactive ketones (excluding diaryl/α,β-unsaturated/α-hetero) is 1. The second-order valence-electron chi connectivity index (χ2n) is 1.50. The lowest BCUT2D eigenvalue weighted by atomic mass is 10.3. The molecule has 0 saturated heterocycles. The zero-order valence-corrected chi connectivity index (χ0v) is 7.25. The van der Waals surface area contributed by atoms with Crippen LogP contribution in [0, 0.1) is 0 Å². The zero-order chi connectivity index (χ0) is 8.15. The Morgan fingerprint density at radius 3 is 2.30 bits per heavy atom. The summed E-state index contributed by atoms with van der Waals surface area (Å²) in [6.45, 7) is 1.30. The van der Waals surface area contributed by atoms with E-state index >= 15 is 0 Å². The molecule has 0 aliphatic heterocycles. The van der Waals surface area contributed by atoms with Crippen LogP contribution in [0.2, 0.25) is 0 Å². The molecule has 10 heavy (non-hydrogen) atoms. The number of carbonyl (C=O) groups excluding carboxylic acids is 1. The molecule has 0 aromatic carbocycles. The van der Waals surface area contributed by atoms with E-state index in [1.165, 1.54) is 18.7 Å². The van der Waals surface area contributed by atoms with Gasteiger partial charge in [-0.05, 0) is 6.26 Å². The van der Waals surface area contributed by atoms with E-state index < -0.39 is 0 Å². The summed E-state index contributed by atoms with van der Waals surface area (Å²) in [5, 5.41) is 11.0. The Labute approximate surface area is 68.5 Å². The molecule has 1 N–H and O–H groups in total. The first-order valence-corrected chi connectivity index (χ1v) is 4.08. The molecule has 0 heterocycles. The molecule has 0 rings (SSSR count). The quantitative estimate of drug-likeness (QED) is 0.297. The number of thioether (sulfide) groups is 1. The molecule has 3 nitrogen and oxygen atoms in total. The predicted molar refractivity (Wildman–Crippen MR) is 46.0 cm³/mol. The minimum Gasteiger partial charge on any atom is -0.410 e. The highest BCUT2D eigenvalue weighted by atomic mass is 32.2. The summed E-state index contributed by atoms with van der Waals surface area (Å²) in [5.74, 6) is -0.318. The standard InChI is InChI=1S/C5H7NO2S2/c1-3(7)4(6-8)5(9)10-2/h8H,1-2H3. The van der Waals surface area contributed by atoms with Crippen LogP contribution in [-0.4, -0.2) is 27.2 Å². The first-order chi connectivity index (χ1) is 4.63. The Kier molecular flexibility index (Phi) is 4.22. The van der Waals surface area contributed by atoms with Crippen molar-refractivity contribution in [2.24, 2.45) is 5.16 Å². The van der Waals surface area contributed by atoms with E-state index in [1.807, 2.05) is 0 Å². The van der Waals surface area contributed by atoms with Crippen LogP contribution < -0.4 is 0 Å². The number of ketones is 1. The van der Waals surface area contributed by atoms with Gasteiger partial charge in [0, 0.05) is 6.92 Å². The van der Waals surface area contributed by atoms with Gasteiger partial charge in [0.25, 0.3) is 0 Å². The van der Waals surface area contributed by atoms with Gasteiger partial charge in [-0.2, -0.15) is 0 Å². The maximum Gasteiger partial charge on any atom is 0.183 e. The second kappa shape index (κ2) is 4.40. The van der Waals surface area contributed by atoms with Gasteiger partial charge in [-0.1, -0.05) is 17.4 Å². The summed E-state index contributed by atoms with van der Waals surface area (Å²) in [6, 6.07) is 0. The Hall–Kier alpha value is -0.420. The van der Waals surface area contributed by atoms with Gasteiger partial charge in [-0.15, -0.1) is 11.8 Å². The van der Waals surface area contributed by atoms with E-state index in [0.29, 0.717) is 4.20 Å². The van der Waals surface area contributed by atoms with Crippen molar-refractivity contribution in [1.29, 1.82) is 0 Å². The van der Waals surface area contributed by atoms with Crippen LogP contribution in [0.3, 0.4) is 0 Å². The summed E-state index contributed by atoms with van der Waals surface area (Å²) in [4.78, 5) is 10.6. The molecule has 0 spiro atoms. The van der Waals surface area contributed by atoms with E-state index in [2.05, 4.69) is 5.16 Å². The van der Waals surface area contributed by atoms with Crippen molar-refractivity contribution in [2.75, 3.05) is 6.26 Å². The molecule has 0 aromatic heterocycles. The van der Waals surface area contributed by atoms with Crippen LogP contribution in [0.4, 0.5) is 0 Å². The van der Waals surface area contributed by atoms with E-state index in [-0.39, 0.29) is 11.5 Å². The maximum atomic E-state index is 10.6. The molecule has 0 unspecified atom stereocenters. The Bertz CT molecular complexity index is 188. The molecular formula is C5H7NO2S2. The number of nitrogens with zero attached hydrogens (tertiary/aromatic N) is 1. The average Bonchev–Trinajstić information content (AvgIpc) is 1.88. The van der Waals surface area contributed by atoms with Gasteiger partial charge >= 0.3 is 0 Å². The van der Waals surface area contributed by atoms with Crippen LogP contribution in [-0.2, 0) is 4.79 Å². The first-order valence-electron chi connectivity index (χ1n) is 2.44. The van der Waals surface area contributed by atoms with Gasteiger partial charge in [0.1, 0.15) is 4.20 Å². The normalized spacial score (nSPS) is 11.2. The Morgan fingerprint density at radius 1 is 1.70 bits per heavy atom. The highest BCUT2D eigenvalue weighted by Gasteiger charge is 2.10. The van der Waals surface area contributed by atoms with Crippen LogP contribution in [0.15, 0.2) is 5.16 Å². The summed E-state index contributed by atoms with van der Waals surface area (Å²) in [6.07, 6.45) is 1.72. The molecule has 0 fully saturated rings. The molecule has 0 amide bonds. The molecular weight excluding hydrogens is 170 g/mol. The SMILES string of the molecule is CSC(=S)C(=NO)C(C)=O. The van der Waals surface area contributed by atoms with Crippen LogP contribution >= 0.6 is 24.0 Å². The lowest BCUT2D eigenvalue weighted by Gasteiger charge is -1.95. The lowest BCUT2D eigenvalue weighted by molar-refractivity contribution is -0.111. The topological polar surface area (TPSA) is 49.7 Å². The van der Waals surface area contributed by atoms with Crippen LogP contribution in [0.1, 0.15) is 6.92 Å². The van der Waals surface area contributed by atoms with Crippen molar-refractivity contribution >= 4 is 39.7 Å². The number of carbonyl (C=O) groups is 1. The van der Waals surface area contributed by atoms with Gasteiger partial charge < -0.3 is 5.21 Å². The van der Waals surface area contributed by atoms with Gasteiger partial charge in [-0.3, -0.25) is 4.79 Å². The van der Waals surface area contributed by atoms with Crippen molar-refractivity contribution in [3.63, 3.8) is 0 Å². The third-order valence-corrected chi connectivity index (χ3v) is 2.07. The molecule has 0 saturated carbocycles. The smallest absolute Gasteiger partial charge is 0.183 e. The van der Waals surface area contributed by atoms with Crippen molar-refractivity contribution in [3.8, 4) is 0 Å². The molecule has 0 aliphatic carbocycles. The van der Waals surface area contributed by atoms with Crippen molar-refractivity contribution in [1.82, 2.24) is 0 Å². The van der Waals surface area contributed by atoms with E-state index in [0.717, 1.165) is 0 Å². The maximum absolute atomic E-state index is 10.6. The minimum atomic E-state index is -0.318. The summed E-state index contributed by atoms with van der Waals surface area (Å²) in [7, 11) is 0. The fourth-order valence-electron chi connectivity index (χ4n) is 0.352. The first kappa shape index (κ1) is 9.58. The third-order valence-electron chi connectivity index (χ3n) is 0.812. The van der Waals surface area contributed by atoms with E-state index in [9.17, 15) is 4.79 Å². The van der Waals surface area contributed by atoms with Crippen molar-refractivity contribution in [2.45, 2.75) is 6.92 Å². The molecule has 0 aliphatic rings. The predicted octanol–water partition coefficient (Wildman–Crippen LogP) is 1.10. The molecule has 0 aromatic rings. The molecule has 0 radical (unpaired) electrons. The highest BCUT2D eigenvalue weighted by Crippen LogP contribution is 2.01.